The zero-order chi connectivity index (χ0) is 31.9. The molecule has 5 rings (SSSR count). The van der Waals surface area contributed by atoms with E-state index in [1.54, 1.807) is 0 Å². The number of carbonyl (C=O) groups is 1. The molecule has 2 heterocycles. The van der Waals surface area contributed by atoms with Gasteiger partial charge in [-0.05, 0) is 42.0 Å². The first-order chi connectivity index (χ1) is 20.8. The number of hydrogen-bond acceptors (Lipinski definition) is 14. The van der Waals surface area contributed by atoms with E-state index in [2.05, 4.69) is 0 Å². The summed E-state index contributed by atoms with van der Waals surface area (Å²) in [6.07, 6.45) is -9.84. The van der Waals surface area contributed by atoms with Crippen LogP contribution in [0.3, 0.4) is 0 Å². The van der Waals surface area contributed by atoms with Crippen molar-refractivity contribution in [2.45, 2.75) is 36.8 Å². The minimum atomic E-state index is -2.10. The Kier molecular flexibility index (Phi) is 8.19. The number of hydrogen-bond donors (Lipinski definition) is 9. The zero-order valence-electron chi connectivity index (χ0n) is 22.4. The van der Waals surface area contributed by atoms with Crippen LogP contribution in [0.2, 0.25) is 0 Å². The van der Waals surface area contributed by atoms with Crippen molar-refractivity contribution >= 4 is 22.8 Å². The van der Waals surface area contributed by atoms with Crippen molar-refractivity contribution in [1.82, 2.24) is 0 Å². The monoisotopic (exact) mass is 610 g/mol. The molecule has 14 heteroatoms. The van der Waals surface area contributed by atoms with Crippen LogP contribution >= 0.6 is 0 Å². The summed E-state index contributed by atoms with van der Waals surface area (Å²) in [5, 5.41) is 91.4. The van der Waals surface area contributed by atoms with Gasteiger partial charge < -0.3 is 59.8 Å². The molecule has 1 aliphatic rings. The molecule has 1 aromatic heterocycles. The predicted molar refractivity (Wildman–Crippen MR) is 150 cm³/mol. The van der Waals surface area contributed by atoms with Gasteiger partial charge in [-0.15, -0.1) is 0 Å². The third-order valence-corrected chi connectivity index (χ3v) is 6.93. The first-order valence-corrected chi connectivity index (χ1v) is 13.0. The van der Waals surface area contributed by atoms with Gasteiger partial charge in [0, 0.05) is 17.7 Å². The summed E-state index contributed by atoms with van der Waals surface area (Å²) >= 11 is 0. The van der Waals surface area contributed by atoms with Gasteiger partial charge >= 0.3 is 0 Å². The molecule has 0 amide bonds. The van der Waals surface area contributed by atoms with Crippen molar-refractivity contribution in [2.75, 3.05) is 0 Å². The SMILES string of the molecule is O=C(C=Cc1ccc(O)cc1)C(O)[C@H]1O[C@@H](Oc2c(-c3ccc(O)c(O)c3)oc3cc(O)cc(O)c3c2=O)[C@H](O)[C@@H](O)[C@H]1O. The van der Waals surface area contributed by atoms with E-state index in [1.165, 1.54) is 36.4 Å². The third kappa shape index (κ3) is 5.75. The number of rotatable bonds is 7. The second-order valence-corrected chi connectivity index (χ2v) is 9.96. The molecule has 0 radical (unpaired) electrons. The van der Waals surface area contributed by atoms with E-state index in [0.717, 1.165) is 30.3 Å². The van der Waals surface area contributed by atoms with Gasteiger partial charge in [-0.1, -0.05) is 18.2 Å². The Morgan fingerprint density at radius 3 is 2.20 bits per heavy atom. The van der Waals surface area contributed by atoms with Gasteiger partial charge in [0.05, 0.1) is 0 Å². The highest BCUT2D eigenvalue weighted by Crippen LogP contribution is 2.39. The van der Waals surface area contributed by atoms with E-state index in [4.69, 9.17) is 13.9 Å². The molecular weight excluding hydrogens is 584 g/mol. The van der Waals surface area contributed by atoms with Crippen molar-refractivity contribution in [3.8, 4) is 45.8 Å². The summed E-state index contributed by atoms with van der Waals surface area (Å²) in [6.45, 7) is 0. The predicted octanol–water partition coefficient (Wildman–Crippen LogP) is 0.818. The van der Waals surface area contributed by atoms with Gasteiger partial charge in [-0.25, -0.2) is 0 Å². The van der Waals surface area contributed by atoms with Gasteiger partial charge in [0.15, 0.2) is 23.0 Å². The smallest absolute Gasteiger partial charge is 0.239 e. The minimum Gasteiger partial charge on any atom is -0.508 e. The first-order valence-electron chi connectivity index (χ1n) is 13.0. The highest BCUT2D eigenvalue weighted by atomic mass is 16.7. The number of aliphatic hydroxyl groups is 4. The fraction of sp³-hybridized carbons (Fsp3) is 0.200. The molecule has 1 fully saturated rings. The van der Waals surface area contributed by atoms with E-state index in [0.29, 0.717) is 5.56 Å². The highest BCUT2D eigenvalue weighted by Gasteiger charge is 2.49. The normalized spacial score (nSPS) is 22.7. The Hall–Kier alpha value is -5.12. The largest absolute Gasteiger partial charge is 0.508 e. The summed E-state index contributed by atoms with van der Waals surface area (Å²) in [5.41, 5.74) is -0.957. The Labute approximate surface area is 246 Å². The van der Waals surface area contributed by atoms with E-state index < -0.39 is 87.9 Å². The van der Waals surface area contributed by atoms with Crippen LogP contribution in [0.1, 0.15) is 5.56 Å². The average Bonchev–Trinajstić information content (AvgIpc) is 2.98. The second-order valence-electron chi connectivity index (χ2n) is 9.96. The van der Waals surface area contributed by atoms with E-state index >= 15 is 0 Å². The number of fused-ring (bicyclic) bond motifs is 1. The molecule has 9 N–H and O–H groups in total. The van der Waals surface area contributed by atoms with Gasteiger partial charge in [0.25, 0.3) is 0 Å². The van der Waals surface area contributed by atoms with Crippen LogP contribution in [-0.2, 0) is 9.53 Å². The molecule has 0 saturated carbocycles. The molecule has 230 valence electrons. The quantitative estimate of drug-likeness (QED) is 0.104. The number of benzene rings is 3. The fourth-order valence-electron chi connectivity index (χ4n) is 4.60. The number of aromatic hydroxyl groups is 5. The van der Waals surface area contributed by atoms with Crippen LogP contribution in [0.15, 0.2) is 69.9 Å². The molecule has 0 bridgehead atoms. The molecule has 14 nitrogen and oxygen atoms in total. The Morgan fingerprint density at radius 2 is 1.52 bits per heavy atom. The Morgan fingerprint density at radius 1 is 0.818 bits per heavy atom. The molecule has 1 aliphatic heterocycles. The number of phenols is 5. The summed E-state index contributed by atoms with van der Waals surface area (Å²) < 4.78 is 16.8. The standard InChI is InChI=1S/C30H26O14/c31-14-5-1-12(2-6-14)3-7-17(34)22(37)28-25(40)24(39)26(41)30(43-28)44-29-23(38)21-19(36)10-15(32)11-20(21)42-27(29)13-4-8-16(33)18(35)9-13/h1-11,22,24-26,28,30-33,35-37,39-41H/t22?,24-,25+,26+,28+,30-/m0/s1. The van der Waals surface area contributed by atoms with Gasteiger partial charge in [-0.3, -0.25) is 9.59 Å². The third-order valence-electron chi connectivity index (χ3n) is 6.93. The molecule has 3 aromatic carbocycles. The number of phenolic OH excluding ortho intramolecular Hbond substituents is 5. The van der Waals surface area contributed by atoms with Crippen LogP contribution in [0, 0.1) is 0 Å². The maximum Gasteiger partial charge on any atom is 0.239 e. The zero-order valence-corrected chi connectivity index (χ0v) is 22.4. The van der Waals surface area contributed by atoms with Crippen molar-refractivity contribution in [3.63, 3.8) is 0 Å². The lowest BCUT2D eigenvalue weighted by Gasteiger charge is -2.41. The fourth-order valence-corrected chi connectivity index (χ4v) is 4.60. The lowest BCUT2D eigenvalue weighted by Crippen LogP contribution is -2.63. The van der Waals surface area contributed by atoms with Gasteiger partial charge in [-0.2, -0.15) is 0 Å². The molecule has 0 aliphatic carbocycles. The lowest BCUT2D eigenvalue weighted by molar-refractivity contribution is -0.285. The summed E-state index contributed by atoms with van der Waals surface area (Å²) in [6, 6.07) is 10.9. The van der Waals surface area contributed by atoms with Crippen LogP contribution in [0.4, 0.5) is 0 Å². The second kappa shape index (κ2) is 11.9. The first kappa shape index (κ1) is 30.3. The molecule has 6 atom stereocenters. The topological polar surface area (TPSA) is 248 Å². The van der Waals surface area contributed by atoms with Crippen LogP contribution < -0.4 is 10.2 Å². The number of aliphatic hydroxyl groups excluding tert-OH is 4. The minimum absolute atomic E-state index is 0.00925. The molecule has 44 heavy (non-hydrogen) atoms. The lowest BCUT2D eigenvalue weighted by atomic mass is 9.93. The summed E-state index contributed by atoms with van der Waals surface area (Å²) in [4.78, 5) is 26.3. The van der Waals surface area contributed by atoms with Crippen molar-refractivity contribution in [2.24, 2.45) is 0 Å². The Bertz CT molecular complexity index is 1790. The van der Waals surface area contributed by atoms with Crippen molar-refractivity contribution < 1.29 is 64.6 Å². The van der Waals surface area contributed by atoms with Crippen LogP contribution in [0.5, 0.6) is 34.5 Å². The average molecular weight is 611 g/mol. The van der Waals surface area contributed by atoms with Gasteiger partial charge in [0.2, 0.25) is 17.5 Å². The Balaban J connectivity index is 1.52. The summed E-state index contributed by atoms with van der Waals surface area (Å²) in [7, 11) is 0. The molecule has 1 unspecified atom stereocenters. The van der Waals surface area contributed by atoms with Crippen molar-refractivity contribution in [3.05, 3.63) is 76.5 Å². The van der Waals surface area contributed by atoms with E-state index in [9.17, 15) is 55.5 Å². The molecule has 0 spiro atoms. The molecule has 4 aromatic rings. The highest BCUT2D eigenvalue weighted by molar-refractivity contribution is 5.97. The summed E-state index contributed by atoms with van der Waals surface area (Å²) in [5.74, 6) is -4.48. The maximum atomic E-state index is 13.6. The number of ketones is 1. The van der Waals surface area contributed by atoms with Crippen LogP contribution in [-0.4, -0.2) is 88.6 Å². The van der Waals surface area contributed by atoms with Gasteiger partial charge in [0.1, 0.15) is 58.7 Å². The maximum absolute atomic E-state index is 13.6. The van der Waals surface area contributed by atoms with Crippen LogP contribution in [0.25, 0.3) is 28.4 Å². The molecular formula is C30H26O14. The van der Waals surface area contributed by atoms with Crippen molar-refractivity contribution in [1.29, 1.82) is 0 Å². The number of carbonyl (C=O) groups excluding carboxylic acids is 1. The van der Waals surface area contributed by atoms with E-state index in [1.807, 2.05) is 0 Å². The van der Waals surface area contributed by atoms with E-state index in [-0.39, 0.29) is 16.9 Å². The number of ether oxygens (including phenoxy) is 2. The molecule has 1 saturated heterocycles.